The topological polar surface area (TPSA) is 86.3 Å². The van der Waals surface area contributed by atoms with Crippen molar-refractivity contribution in [1.29, 1.82) is 0 Å². The number of nitrogens with zero attached hydrogens (tertiary/aromatic N) is 5. The SMILES string of the molecule is C#CCn1c(=O)c2c(nc(N3CCNCC3)n2-c2ccccc2OC)n(C)c1=O. The quantitative estimate of drug-likeness (QED) is 0.624. The lowest BCUT2D eigenvalue weighted by molar-refractivity contribution is 0.413. The van der Waals surface area contributed by atoms with Crippen LogP contribution in [0.15, 0.2) is 33.9 Å². The molecule has 2 aromatic heterocycles. The third-order valence-corrected chi connectivity index (χ3v) is 5.10. The number of piperazine rings is 1. The van der Waals surface area contributed by atoms with Gasteiger partial charge in [0.25, 0.3) is 5.56 Å². The number of imidazole rings is 1. The smallest absolute Gasteiger partial charge is 0.333 e. The van der Waals surface area contributed by atoms with Crippen LogP contribution in [0, 0.1) is 12.3 Å². The molecule has 1 aliphatic heterocycles. The van der Waals surface area contributed by atoms with Gasteiger partial charge in [0, 0.05) is 33.2 Å². The molecule has 0 amide bonds. The molecule has 3 aromatic rings. The number of anilines is 1. The van der Waals surface area contributed by atoms with Gasteiger partial charge >= 0.3 is 5.69 Å². The molecule has 0 saturated carbocycles. The molecule has 3 heterocycles. The maximum absolute atomic E-state index is 13.3. The first-order chi connectivity index (χ1) is 14.1. The number of benzene rings is 1. The van der Waals surface area contributed by atoms with Crippen LogP contribution >= 0.6 is 0 Å². The Morgan fingerprint density at radius 3 is 2.66 bits per heavy atom. The maximum Gasteiger partial charge on any atom is 0.333 e. The number of hydrogen-bond donors (Lipinski definition) is 1. The molecule has 150 valence electrons. The molecule has 1 aromatic carbocycles. The Hall–Kier alpha value is -3.51. The first-order valence-corrected chi connectivity index (χ1v) is 9.33. The number of rotatable bonds is 4. The molecule has 1 saturated heterocycles. The van der Waals surface area contributed by atoms with Gasteiger partial charge in [-0.2, -0.15) is 4.98 Å². The Labute approximate surface area is 167 Å². The molecular weight excluding hydrogens is 372 g/mol. The van der Waals surface area contributed by atoms with Gasteiger partial charge in [0.15, 0.2) is 11.2 Å². The molecule has 4 rings (SSSR count). The van der Waals surface area contributed by atoms with Crippen LogP contribution in [0.3, 0.4) is 0 Å². The van der Waals surface area contributed by atoms with Gasteiger partial charge in [0.1, 0.15) is 5.75 Å². The predicted molar refractivity (Wildman–Crippen MR) is 111 cm³/mol. The molecule has 29 heavy (non-hydrogen) atoms. The van der Waals surface area contributed by atoms with E-state index in [2.05, 4.69) is 16.1 Å². The third-order valence-electron chi connectivity index (χ3n) is 5.10. The Morgan fingerprint density at radius 1 is 1.24 bits per heavy atom. The van der Waals surface area contributed by atoms with E-state index in [0.29, 0.717) is 28.5 Å². The van der Waals surface area contributed by atoms with Crippen molar-refractivity contribution >= 4 is 17.1 Å². The number of ether oxygens (including phenoxy) is 1. The van der Waals surface area contributed by atoms with E-state index in [4.69, 9.17) is 16.1 Å². The number of aromatic nitrogens is 4. The van der Waals surface area contributed by atoms with Crippen LogP contribution < -0.4 is 26.2 Å². The minimum Gasteiger partial charge on any atom is -0.495 e. The summed E-state index contributed by atoms with van der Waals surface area (Å²) in [7, 11) is 3.17. The van der Waals surface area contributed by atoms with E-state index in [-0.39, 0.29) is 6.54 Å². The molecule has 1 aliphatic rings. The first kappa shape index (κ1) is 18.8. The van der Waals surface area contributed by atoms with E-state index in [0.717, 1.165) is 30.7 Å². The monoisotopic (exact) mass is 394 g/mol. The van der Waals surface area contributed by atoms with Gasteiger partial charge < -0.3 is 15.0 Å². The number of nitrogens with one attached hydrogen (secondary N) is 1. The van der Waals surface area contributed by atoms with E-state index in [9.17, 15) is 9.59 Å². The largest absolute Gasteiger partial charge is 0.495 e. The lowest BCUT2D eigenvalue weighted by atomic mass is 10.2. The summed E-state index contributed by atoms with van der Waals surface area (Å²) < 4.78 is 9.73. The third kappa shape index (κ3) is 2.98. The average Bonchev–Trinajstić information content (AvgIpc) is 3.16. The first-order valence-electron chi connectivity index (χ1n) is 9.33. The van der Waals surface area contributed by atoms with Gasteiger partial charge in [0.05, 0.1) is 19.3 Å². The van der Waals surface area contributed by atoms with Crippen molar-refractivity contribution in [3.8, 4) is 23.8 Å². The highest BCUT2D eigenvalue weighted by Crippen LogP contribution is 2.30. The summed E-state index contributed by atoms with van der Waals surface area (Å²) in [5.74, 6) is 3.58. The molecule has 0 unspecified atom stereocenters. The summed E-state index contributed by atoms with van der Waals surface area (Å²) in [6.07, 6.45) is 5.39. The van der Waals surface area contributed by atoms with Gasteiger partial charge in [-0.15, -0.1) is 6.42 Å². The van der Waals surface area contributed by atoms with Crippen molar-refractivity contribution in [2.24, 2.45) is 7.05 Å². The van der Waals surface area contributed by atoms with E-state index in [1.165, 1.54) is 4.57 Å². The van der Waals surface area contributed by atoms with Crippen molar-refractivity contribution < 1.29 is 4.74 Å². The van der Waals surface area contributed by atoms with Crippen LogP contribution in [0.2, 0.25) is 0 Å². The second-order valence-corrected chi connectivity index (χ2v) is 6.77. The zero-order valence-electron chi connectivity index (χ0n) is 16.4. The van der Waals surface area contributed by atoms with E-state index in [1.54, 1.807) is 18.7 Å². The van der Waals surface area contributed by atoms with E-state index >= 15 is 0 Å². The molecular formula is C20H22N6O3. The molecule has 1 fully saturated rings. The molecule has 1 N–H and O–H groups in total. The van der Waals surface area contributed by atoms with Crippen LogP contribution in [-0.2, 0) is 13.6 Å². The van der Waals surface area contributed by atoms with E-state index < -0.39 is 11.2 Å². The van der Waals surface area contributed by atoms with Crippen LogP contribution in [0.5, 0.6) is 5.75 Å². The number of fused-ring (bicyclic) bond motifs is 1. The maximum atomic E-state index is 13.3. The minimum absolute atomic E-state index is 0.110. The Balaban J connectivity index is 2.14. The summed E-state index contributed by atoms with van der Waals surface area (Å²) in [6.45, 7) is 2.95. The fraction of sp³-hybridized carbons (Fsp3) is 0.350. The predicted octanol–water partition coefficient (Wildman–Crippen LogP) is -0.0627. The fourth-order valence-corrected chi connectivity index (χ4v) is 3.66. The number of hydrogen-bond acceptors (Lipinski definition) is 6. The Kier molecular flexibility index (Phi) is 4.86. The lowest BCUT2D eigenvalue weighted by Gasteiger charge is -2.29. The van der Waals surface area contributed by atoms with Crippen molar-refractivity contribution in [2.75, 3.05) is 38.2 Å². The van der Waals surface area contributed by atoms with Crippen molar-refractivity contribution in [2.45, 2.75) is 6.54 Å². The molecule has 9 nitrogen and oxygen atoms in total. The van der Waals surface area contributed by atoms with Gasteiger partial charge in [-0.05, 0) is 12.1 Å². The molecule has 0 radical (unpaired) electrons. The lowest BCUT2D eigenvalue weighted by Crippen LogP contribution is -2.44. The van der Waals surface area contributed by atoms with Crippen LogP contribution in [0.4, 0.5) is 5.95 Å². The Morgan fingerprint density at radius 2 is 1.97 bits per heavy atom. The average molecular weight is 394 g/mol. The molecule has 9 heteroatoms. The number of para-hydroxylation sites is 2. The molecule has 0 spiro atoms. The second-order valence-electron chi connectivity index (χ2n) is 6.77. The summed E-state index contributed by atoms with van der Waals surface area (Å²) in [6, 6.07) is 7.41. The van der Waals surface area contributed by atoms with E-state index in [1.807, 2.05) is 24.3 Å². The zero-order chi connectivity index (χ0) is 20.5. The highest BCUT2D eigenvalue weighted by molar-refractivity contribution is 5.79. The highest BCUT2D eigenvalue weighted by atomic mass is 16.5. The number of aryl methyl sites for hydroxylation is 1. The minimum atomic E-state index is -0.489. The second kappa shape index (κ2) is 7.48. The summed E-state index contributed by atoms with van der Waals surface area (Å²) in [4.78, 5) is 32.8. The van der Waals surface area contributed by atoms with Gasteiger partial charge in [-0.1, -0.05) is 18.1 Å². The normalized spacial score (nSPS) is 14.2. The number of terminal acetylenes is 1. The standard InChI is InChI=1S/C20H22N6O3/c1-4-11-25-18(27)16-17(23(2)20(25)28)22-19(24-12-9-21-10-13-24)26(16)14-7-5-6-8-15(14)29-3/h1,5-8,21H,9-13H2,2-3H3. The fourth-order valence-electron chi connectivity index (χ4n) is 3.66. The summed E-state index contributed by atoms with van der Waals surface area (Å²) >= 11 is 0. The van der Waals surface area contributed by atoms with Crippen molar-refractivity contribution in [1.82, 2.24) is 24.0 Å². The summed E-state index contributed by atoms with van der Waals surface area (Å²) in [5, 5.41) is 3.31. The zero-order valence-corrected chi connectivity index (χ0v) is 16.4. The van der Waals surface area contributed by atoms with Crippen molar-refractivity contribution in [3.05, 3.63) is 45.1 Å². The van der Waals surface area contributed by atoms with Crippen LogP contribution in [-0.4, -0.2) is 52.0 Å². The number of methoxy groups -OCH3 is 1. The Bertz CT molecular complexity index is 1220. The summed E-state index contributed by atoms with van der Waals surface area (Å²) in [5.41, 5.74) is 0.319. The molecule has 0 bridgehead atoms. The highest BCUT2D eigenvalue weighted by Gasteiger charge is 2.26. The molecule has 0 aliphatic carbocycles. The van der Waals surface area contributed by atoms with Gasteiger partial charge in [0.2, 0.25) is 5.95 Å². The van der Waals surface area contributed by atoms with Crippen molar-refractivity contribution in [3.63, 3.8) is 0 Å². The van der Waals surface area contributed by atoms with Gasteiger partial charge in [-0.3, -0.25) is 13.9 Å². The van der Waals surface area contributed by atoms with Crippen LogP contribution in [0.25, 0.3) is 16.9 Å². The van der Waals surface area contributed by atoms with Gasteiger partial charge in [-0.25, -0.2) is 9.36 Å². The van der Waals surface area contributed by atoms with Crippen LogP contribution in [0.1, 0.15) is 0 Å². The molecule has 0 atom stereocenters.